The van der Waals surface area contributed by atoms with E-state index < -0.39 is 5.60 Å². The highest BCUT2D eigenvalue weighted by Crippen LogP contribution is 2.18. The van der Waals surface area contributed by atoms with Crippen molar-refractivity contribution >= 4 is 12.0 Å². The van der Waals surface area contributed by atoms with Crippen LogP contribution in [0.5, 0.6) is 0 Å². The Morgan fingerprint density at radius 2 is 1.95 bits per heavy atom. The molecule has 1 fully saturated rings. The molecular weight excluding hydrogens is 258 g/mol. The van der Waals surface area contributed by atoms with Gasteiger partial charge in [-0.1, -0.05) is 0 Å². The van der Waals surface area contributed by atoms with Gasteiger partial charge in [-0.15, -0.1) is 0 Å². The molecule has 1 aliphatic rings. The molecule has 1 aliphatic heterocycles. The lowest BCUT2D eigenvalue weighted by molar-refractivity contribution is -0.119. The molecule has 116 valence electrons. The zero-order valence-corrected chi connectivity index (χ0v) is 13.0. The molecule has 2 amide bonds. The molecule has 1 heterocycles. The van der Waals surface area contributed by atoms with Gasteiger partial charge in [-0.25, -0.2) is 4.79 Å². The summed E-state index contributed by atoms with van der Waals surface area (Å²) in [4.78, 5) is 26.7. The van der Waals surface area contributed by atoms with Gasteiger partial charge in [-0.05, 0) is 47.1 Å². The molecule has 0 bridgehead atoms. The number of hydrogen-bond donors (Lipinski definition) is 1. The molecular formula is C14H27N3O3. The SMILES string of the molecule is CN(CC(N)=O)C1CCCN(C(=O)OC(C)(C)C)CC1. The van der Waals surface area contributed by atoms with Crippen molar-refractivity contribution < 1.29 is 14.3 Å². The topological polar surface area (TPSA) is 75.9 Å². The van der Waals surface area contributed by atoms with E-state index in [9.17, 15) is 9.59 Å². The summed E-state index contributed by atoms with van der Waals surface area (Å²) in [7, 11) is 1.90. The summed E-state index contributed by atoms with van der Waals surface area (Å²) in [6, 6.07) is 0.287. The van der Waals surface area contributed by atoms with E-state index in [-0.39, 0.29) is 24.6 Å². The largest absolute Gasteiger partial charge is 0.444 e. The third-order valence-corrected chi connectivity index (χ3v) is 3.38. The van der Waals surface area contributed by atoms with Crippen LogP contribution in [0, 0.1) is 0 Å². The van der Waals surface area contributed by atoms with Crippen LogP contribution < -0.4 is 5.73 Å². The van der Waals surface area contributed by atoms with E-state index in [2.05, 4.69) is 0 Å². The van der Waals surface area contributed by atoms with Gasteiger partial charge in [0, 0.05) is 19.1 Å². The molecule has 6 heteroatoms. The second-order valence-electron chi connectivity index (χ2n) is 6.43. The smallest absolute Gasteiger partial charge is 0.410 e. The summed E-state index contributed by atoms with van der Waals surface area (Å²) in [6.07, 6.45) is 2.45. The van der Waals surface area contributed by atoms with Crippen molar-refractivity contribution in [1.82, 2.24) is 9.80 Å². The summed E-state index contributed by atoms with van der Waals surface area (Å²) in [5.74, 6) is -0.319. The van der Waals surface area contributed by atoms with Crippen LogP contribution in [0.25, 0.3) is 0 Å². The third kappa shape index (κ3) is 5.77. The predicted octanol–water partition coefficient (Wildman–Crippen LogP) is 1.19. The van der Waals surface area contributed by atoms with E-state index in [0.717, 1.165) is 19.3 Å². The molecule has 0 aromatic carbocycles. The Morgan fingerprint density at radius 1 is 1.30 bits per heavy atom. The molecule has 1 saturated heterocycles. The van der Waals surface area contributed by atoms with Crippen LogP contribution in [-0.2, 0) is 9.53 Å². The Labute approximate surface area is 121 Å². The molecule has 0 aromatic heterocycles. The maximum absolute atomic E-state index is 12.0. The number of carbonyl (C=O) groups excluding carboxylic acids is 2. The van der Waals surface area contributed by atoms with E-state index >= 15 is 0 Å². The number of primary amides is 1. The van der Waals surface area contributed by atoms with E-state index in [1.807, 2.05) is 32.7 Å². The zero-order chi connectivity index (χ0) is 15.3. The fourth-order valence-electron chi connectivity index (χ4n) is 2.40. The number of likely N-dealkylation sites (tertiary alicyclic amines) is 1. The van der Waals surface area contributed by atoms with Gasteiger partial charge in [0.2, 0.25) is 5.91 Å². The van der Waals surface area contributed by atoms with Crippen molar-refractivity contribution in [2.24, 2.45) is 5.73 Å². The lowest BCUT2D eigenvalue weighted by Gasteiger charge is -2.27. The molecule has 1 unspecified atom stereocenters. The summed E-state index contributed by atoms with van der Waals surface area (Å²) in [5, 5.41) is 0. The van der Waals surface area contributed by atoms with Gasteiger partial charge >= 0.3 is 6.09 Å². The molecule has 1 atom stereocenters. The monoisotopic (exact) mass is 285 g/mol. The fourth-order valence-corrected chi connectivity index (χ4v) is 2.40. The first-order valence-electron chi connectivity index (χ1n) is 7.15. The number of likely N-dealkylation sites (N-methyl/N-ethyl adjacent to an activating group) is 1. The zero-order valence-electron chi connectivity index (χ0n) is 13.0. The van der Waals surface area contributed by atoms with Crippen LogP contribution in [0.3, 0.4) is 0 Å². The van der Waals surface area contributed by atoms with Crippen LogP contribution in [0.15, 0.2) is 0 Å². The van der Waals surface area contributed by atoms with Gasteiger partial charge < -0.3 is 15.4 Å². The number of carbonyl (C=O) groups is 2. The molecule has 0 aromatic rings. The van der Waals surface area contributed by atoms with Crippen molar-refractivity contribution in [3.05, 3.63) is 0 Å². The second kappa shape index (κ2) is 6.92. The minimum Gasteiger partial charge on any atom is -0.444 e. The molecule has 1 rings (SSSR count). The molecule has 0 aliphatic carbocycles. The maximum Gasteiger partial charge on any atom is 0.410 e. The quantitative estimate of drug-likeness (QED) is 0.845. The van der Waals surface area contributed by atoms with Crippen molar-refractivity contribution in [1.29, 1.82) is 0 Å². The second-order valence-corrected chi connectivity index (χ2v) is 6.43. The molecule has 0 spiro atoms. The van der Waals surface area contributed by atoms with Crippen molar-refractivity contribution in [3.63, 3.8) is 0 Å². The van der Waals surface area contributed by atoms with Gasteiger partial charge in [0.15, 0.2) is 0 Å². The summed E-state index contributed by atoms with van der Waals surface area (Å²) >= 11 is 0. The van der Waals surface area contributed by atoms with E-state index in [0.29, 0.717) is 13.1 Å². The summed E-state index contributed by atoms with van der Waals surface area (Å²) < 4.78 is 5.39. The number of nitrogens with two attached hydrogens (primary N) is 1. The van der Waals surface area contributed by atoms with Gasteiger partial charge in [0.05, 0.1) is 6.54 Å². The van der Waals surface area contributed by atoms with Gasteiger partial charge in [-0.3, -0.25) is 9.69 Å². The van der Waals surface area contributed by atoms with Crippen LogP contribution >= 0.6 is 0 Å². The average Bonchev–Trinajstić information content (AvgIpc) is 2.50. The average molecular weight is 285 g/mol. The lowest BCUT2D eigenvalue weighted by Crippen LogP contribution is -2.40. The molecule has 2 N–H and O–H groups in total. The number of amides is 2. The minimum absolute atomic E-state index is 0.254. The fraction of sp³-hybridized carbons (Fsp3) is 0.857. The Balaban J connectivity index is 2.50. The molecule has 6 nitrogen and oxygen atoms in total. The normalized spacial score (nSPS) is 20.6. The van der Waals surface area contributed by atoms with Crippen molar-refractivity contribution in [2.45, 2.75) is 51.7 Å². The Kier molecular flexibility index (Phi) is 5.80. The first-order chi connectivity index (χ1) is 9.19. The van der Waals surface area contributed by atoms with Crippen LogP contribution in [0.4, 0.5) is 4.79 Å². The number of hydrogen-bond acceptors (Lipinski definition) is 4. The number of ether oxygens (including phenoxy) is 1. The summed E-state index contributed by atoms with van der Waals surface area (Å²) in [6.45, 7) is 7.22. The molecule has 20 heavy (non-hydrogen) atoms. The third-order valence-electron chi connectivity index (χ3n) is 3.38. The standard InChI is InChI=1S/C14H27N3O3/c1-14(2,3)20-13(19)17-8-5-6-11(7-9-17)16(4)10-12(15)18/h11H,5-10H2,1-4H3,(H2,15,18). The van der Waals surface area contributed by atoms with E-state index in [1.54, 1.807) is 4.90 Å². The van der Waals surface area contributed by atoms with Gasteiger partial charge in [0.1, 0.15) is 5.60 Å². The van der Waals surface area contributed by atoms with E-state index in [1.165, 1.54) is 0 Å². The van der Waals surface area contributed by atoms with Crippen LogP contribution in [0.2, 0.25) is 0 Å². The van der Waals surface area contributed by atoms with Crippen LogP contribution in [-0.4, -0.2) is 60.1 Å². The van der Waals surface area contributed by atoms with Gasteiger partial charge in [0.25, 0.3) is 0 Å². The van der Waals surface area contributed by atoms with Crippen molar-refractivity contribution in [2.75, 3.05) is 26.7 Å². The lowest BCUT2D eigenvalue weighted by atomic mass is 10.1. The highest BCUT2D eigenvalue weighted by Gasteiger charge is 2.26. The number of rotatable bonds is 3. The maximum atomic E-state index is 12.0. The molecule has 0 radical (unpaired) electrons. The highest BCUT2D eigenvalue weighted by molar-refractivity contribution is 5.75. The first-order valence-corrected chi connectivity index (χ1v) is 7.15. The Hall–Kier alpha value is -1.30. The Bertz CT molecular complexity index is 352. The van der Waals surface area contributed by atoms with E-state index in [4.69, 9.17) is 10.5 Å². The Morgan fingerprint density at radius 3 is 2.50 bits per heavy atom. The highest BCUT2D eigenvalue weighted by atomic mass is 16.6. The number of nitrogens with zero attached hydrogens (tertiary/aromatic N) is 2. The molecule has 0 saturated carbocycles. The van der Waals surface area contributed by atoms with Crippen molar-refractivity contribution in [3.8, 4) is 0 Å². The first kappa shape index (κ1) is 16.8. The minimum atomic E-state index is -0.467. The summed E-state index contributed by atoms with van der Waals surface area (Å²) in [5.41, 5.74) is 4.75. The van der Waals surface area contributed by atoms with Crippen LogP contribution in [0.1, 0.15) is 40.0 Å². The van der Waals surface area contributed by atoms with Gasteiger partial charge in [-0.2, -0.15) is 0 Å². The predicted molar refractivity (Wildman–Crippen MR) is 77.3 cm³/mol.